The van der Waals surface area contributed by atoms with Crippen LogP contribution < -0.4 is 5.32 Å². The van der Waals surface area contributed by atoms with Crippen LogP contribution in [0.15, 0.2) is 24.3 Å². The van der Waals surface area contributed by atoms with Crippen molar-refractivity contribution in [2.24, 2.45) is 0 Å². The third-order valence-electron chi connectivity index (χ3n) is 2.58. The van der Waals surface area contributed by atoms with E-state index in [1.54, 1.807) is 0 Å². The maximum atomic E-state index is 12.7. The Labute approximate surface area is 113 Å². The van der Waals surface area contributed by atoms with Gasteiger partial charge >= 0.3 is 12.3 Å². The van der Waals surface area contributed by atoms with Crippen LogP contribution in [0.1, 0.15) is 17.5 Å². The van der Waals surface area contributed by atoms with Crippen LogP contribution in [0.4, 0.5) is 18.0 Å². The van der Waals surface area contributed by atoms with E-state index in [4.69, 9.17) is 10.3 Å². The van der Waals surface area contributed by atoms with Crippen molar-refractivity contribution in [2.75, 3.05) is 13.1 Å². The molecule has 0 bridgehead atoms. The van der Waals surface area contributed by atoms with Crippen LogP contribution in [-0.4, -0.2) is 34.6 Å². The molecule has 0 atom stereocenters. The molecule has 1 rings (SSSR count). The molecule has 0 aliphatic heterocycles. The monoisotopic (exact) mass is 292 g/mol. The summed E-state index contributed by atoms with van der Waals surface area (Å²) in [7, 11) is 0. The van der Waals surface area contributed by atoms with Gasteiger partial charge in [-0.1, -0.05) is 18.2 Å². The highest BCUT2D eigenvalue weighted by Gasteiger charge is 2.32. The number of carboxylic acid groups (broad SMARTS) is 1. The summed E-state index contributed by atoms with van der Waals surface area (Å²) < 4.78 is 38.1. The number of hydrogen-bond acceptors (Lipinski definition) is 3. The summed E-state index contributed by atoms with van der Waals surface area (Å²) in [6, 6.07) is 5.23. The topological polar surface area (TPSA) is 72.8 Å². The maximum Gasteiger partial charge on any atom is 0.431 e. The summed E-state index contributed by atoms with van der Waals surface area (Å²) in [5.41, 5.74) is -0.569. The van der Waals surface area contributed by atoms with Crippen molar-refractivity contribution in [3.63, 3.8) is 0 Å². The minimum Gasteiger partial charge on any atom is -0.463 e. The van der Waals surface area contributed by atoms with Crippen molar-refractivity contribution in [2.45, 2.75) is 19.1 Å². The maximum absolute atomic E-state index is 12.7. The smallest absolute Gasteiger partial charge is 0.431 e. The summed E-state index contributed by atoms with van der Waals surface area (Å²) in [5.74, 6) is 0. The van der Waals surface area contributed by atoms with Gasteiger partial charge in [0.2, 0.25) is 0 Å². The first kappa shape index (κ1) is 16.3. The van der Waals surface area contributed by atoms with Gasteiger partial charge in [0.1, 0.15) is 0 Å². The lowest BCUT2D eigenvalue weighted by molar-refractivity contribution is -0.138. The standard InChI is InChI=1S/C12H15F3N2O3/c13-12(14,15)10-5-2-1-4-9(10)8-16-6-3-7-17(20)11(18)19/h1-2,4-5,16,20H,3,6-8H2,(H,18,19). The number of halogens is 3. The average Bonchev–Trinajstić information content (AvgIpc) is 2.37. The Bertz CT molecular complexity index is 452. The fraction of sp³-hybridized carbons (Fsp3) is 0.417. The Morgan fingerprint density at radius 2 is 1.95 bits per heavy atom. The van der Waals surface area contributed by atoms with Crippen LogP contribution >= 0.6 is 0 Å². The van der Waals surface area contributed by atoms with Crippen molar-refractivity contribution >= 4 is 6.09 Å². The van der Waals surface area contributed by atoms with Crippen LogP contribution in [0, 0.1) is 0 Å². The van der Waals surface area contributed by atoms with E-state index in [1.165, 1.54) is 18.2 Å². The third kappa shape index (κ3) is 5.06. The summed E-state index contributed by atoms with van der Waals surface area (Å²) in [6.45, 7) is 0.202. The third-order valence-corrected chi connectivity index (χ3v) is 2.58. The van der Waals surface area contributed by atoms with E-state index in [2.05, 4.69) is 5.32 Å². The van der Waals surface area contributed by atoms with Crippen LogP contribution in [0.5, 0.6) is 0 Å². The molecule has 112 valence electrons. The first-order valence-electron chi connectivity index (χ1n) is 5.87. The van der Waals surface area contributed by atoms with E-state index in [0.29, 0.717) is 0 Å². The normalized spacial score (nSPS) is 11.4. The average molecular weight is 292 g/mol. The van der Waals surface area contributed by atoms with E-state index in [1.807, 2.05) is 0 Å². The van der Waals surface area contributed by atoms with Crippen LogP contribution in [0.2, 0.25) is 0 Å². The second-order valence-corrected chi connectivity index (χ2v) is 4.09. The molecule has 3 N–H and O–H groups in total. The molecule has 0 heterocycles. The molecule has 8 heteroatoms. The van der Waals surface area contributed by atoms with Crippen molar-refractivity contribution in [1.29, 1.82) is 0 Å². The number of nitrogens with zero attached hydrogens (tertiary/aromatic N) is 1. The minimum absolute atomic E-state index is 0.0220. The van der Waals surface area contributed by atoms with E-state index in [9.17, 15) is 18.0 Å². The second-order valence-electron chi connectivity index (χ2n) is 4.09. The molecule has 0 aromatic heterocycles. The van der Waals surface area contributed by atoms with Gasteiger partial charge in [-0.05, 0) is 24.6 Å². The molecule has 0 aliphatic rings. The number of hydroxylamine groups is 2. The van der Waals surface area contributed by atoms with Crippen LogP contribution in [0.25, 0.3) is 0 Å². The fourth-order valence-corrected chi connectivity index (χ4v) is 1.62. The number of benzene rings is 1. The minimum atomic E-state index is -4.40. The predicted molar refractivity (Wildman–Crippen MR) is 64.3 cm³/mol. The zero-order chi connectivity index (χ0) is 15.2. The molecule has 1 aromatic rings. The van der Waals surface area contributed by atoms with Gasteiger partial charge in [-0.3, -0.25) is 5.21 Å². The van der Waals surface area contributed by atoms with E-state index in [-0.39, 0.29) is 36.7 Å². The molecule has 20 heavy (non-hydrogen) atoms. The number of amides is 1. The summed E-state index contributed by atoms with van der Waals surface area (Å²) in [6.07, 6.45) is -5.58. The quantitative estimate of drug-likeness (QED) is 0.428. The highest BCUT2D eigenvalue weighted by atomic mass is 19.4. The van der Waals surface area contributed by atoms with E-state index < -0.39 is 17.8 Å². The van der Waals surface area contributed by atoms with Crippen molar-refractivity contribution in [1.82, 2.24) is 10.4 Å². The number of carbonyl (C=O) groups is 1. The van der Waals surface area contributed by atoms with Crippen molar-refractivity contribution < 1.29 is 28.3 Å². The van der Waals surface area contributed by atoms with Gasteiger partial charge in [0.15, 0.2) is 0 Å². The first-order chi connectivity index (χ1) is 9.32. The van der Waals surface area contributed by atoms with Gasteiger partial charge in [0.05, 0.1) is 12.1 Å². The Morgan fingerprint density at radius 1 is 1.30 bits per heavy atom. The molecular weight excluding hydrogens is 277 g/mol. The van der Waals surface area contributed by atoms with Gasteiger partial charge in [0, 0.05) is 6.54 Å². The van der Waals surface area contributed by atoms with Crippen molar-refractivity contribution in [3.8, 4) is 0 Å². The SMILES string of the molecule is O=C(O)N(O)CCCNCc1ccccc1C(F)(F)F. The van der Waals surface area contributed by atoms with E-state index >= 15 is 0 Å². The summed E-state index contributed by atoms with van der Waals surface area (Å²) in [5, 5.41) is 20.1. The van der Waals surface area contributed by atoms with Crippen molar-refractivity contribution in [3.05, 3.63) is 35.4 Å². The fourth-order valence-electron chi connectivity index (χ4n) is 1.62. The summed E-state index contributed by atoms with van der Waals surface area (Å²) in [4.78, 5) is 10.3. The molecule has 1 amide bonds. The Kier molecular flexibility index (Phi) is 5.78. The number of nitrogens with one attached hydrogen (secondary N) is 1. The lowest BCUT2D eigenvalue weighted by Gasteiger charge is -2.14. The largest absolute Gasteiger partial charge is 0.463 e. The van der Waals surface area contributed by atoms with Gasteiger partial charge in [-0.25, -0.2) is 4.79 Å². The lowest BCUT2D eigenvalue weighted by atomic mass is 10.1. The summed E-state index contributed by atoms with van der Waals surface area (Å²) >= 11 is 0. The molecule has 0 saturated carbocycles. The van der Waals surface area contributed by atoms with Gasteiger partial charge < -0.3 is 10.4 Å². The number of alkyl halides is 3. The molecule has 0 fully saturated rings. The molecular formula is C12H15F3N2O3. The molecule has 0 unspecified atom stereocenters. The zero-order valence-electron chi connectivity index (χ0n) is 10.5. The second kappa shape index (κ2) is 7.11. The van der Waals surface area contributed by atoms with E-state index in [0.717, 1.165) is 6.07 Å². The lowest BCUT2D eigenvalue weighted by Crippen LogP contribution is -2.29. The van der Waals surface area contributed by atoms with Crippen LogP contribution in [0.3, 0.4) is 0 Å². The van der Waals surface area contributed by atoms with Crippen LogP contribution in [-0.2, 0) is 12.7 Å². The first-order valence-corrected chi connectivity index (χ1v) is 5.87. The molecule has 0 spiro atoms. The highest BCUT2D eigenvalue weighted by molar-refractivity contribution is 5.63. The Hall–Kier alpha value is -1.80. The van der Waals surface area contributed by atoms with Gasteiger partial charge in [-0.2, -0.15) is 18.2 Å². The Balaban J connectivity index is 2.42. The molecule has 5 nitrogen and oxygen atoms in total. The zero-order valence-corrected chi connectivity index (χ0v) is 10.5. The predicted octanol–water partition coefficient (Wildman–Crippen LogP) is 2.55. The van der Waals surface area contributed by atoms with Gasteiger partial charge in [0.25, 0.3) is 0 Å². The molecule has 0 radical (unpaired) electrons. The molecule has 1 aromatic carbocycles. The van der Waals surface area contributed by atoms with Gasteiger partial charge in [-0.15, -0.1) is 0 Å². The number of rotatable bonds is 6. The highest BCUT2D eigenvalue weighted by Crippen LogP contribution is 2.31. The number of hydrogen-bond donors (Lipinski definition) is 3. The Morgan fingerprint density at radius 3 is 2.55 bits per heavy atom. The molecule has 0 aliphatic carbocycles. The molecule has 0 saturated heterocycles.